The molecule has 0 N–H and O–H groups in total. The van der Waals surface area contributed by atoms with Crippen molar-refractivity contribution in [3.05, 3.63) is 43.4 Å². The molecule has 1 unspecified atom stereocenters. The molecule has 0 heterocycles. The van der Waals surface area contributed by atoms with Crippen LogP contribution in [-0.4, -0.2) is 0 Å². The van der Waals surface area contributed by atoms with E-state index in [9.17, 15) is 0 Å². The summed E-state index contributed by atoms with van der Waals surface area (Å²) in [7, 11) is 0. The van der Waals surface area contributed by atoms with Crippen molar-refractivity contribution in [2.45, 2.75) is 13.3 Å². The van der Waals surface area contributed by atoms with Crippen molar-refractivity contribution in [2.24, 2.45) is 5.41 Å². The van der Waals surface area contributed by atoms with Crippen LogP contribution in [0.15, 0.2) is 36.5 Å². The smallest absolute Gasteiger partial charge is 0.00703 e. The van der Waals surface area contributed by atoms with E-state index >= 15 is 0 Å². The van der Waals surface area contributed by atoms with Gasteiger partial charge in [-0.1, -0.05) is 43.4 Å². The molecular formula is C10H13. The molecule has 0 aliphatic heterocycles. The lowest BCUT2D eigenvalue weighted by Gasteiger charge is -2.21. The van der Waals surface area contributed by atoms with E-state index in [2.05, 4.69) is 44.2 Å². The fourth-order valence-electron chi connectivity index (χ4n) is 1.14. The molecule has 0 spiro atoms. The van der Waals surface area contributed by atoms with E-state index in [0.717, 1.165) is 6.42 Å². The third kappa shape index (κ3) is 1.60. The maximum Gasteiger partial charge on any atom is 0.00703 e. The summed E-state index contributed by atoms with van der Waals surface area (Å²) in [6, 6.07) is 0. The minimum absolute atomic E-state index is 0.219. The third-order valence-corrected chi connectivity index (χ3v) is 1.78. The molecule has 0 nitrogen and oxygen atoms in total. The van der Waals surface area contributed by atoms with E-state index in [1.807, 2.05) is 6.08 Å². The minimum atomic E-state index is 0.219. The Morgan fingerprint density at radius 2 is 2.30 bits per heavy atom. The first-order chi connectivity index (χ1) is 4.77. The van der Waals surface area contributed by atoms with Gasteiger partial charge in [-0.05, 0) is 13.3 Å². The average Bonchev–Trinajstić information content (AvgIpc) is 1.89. The summed E-state index contributed by atoms with van der Waals surface area (Å²) in [6.07, 6.45) is 13.6. The Hall–Kier alpha value is -0.780. The van der Waals surface area contributed by atoms with Crippen molar-refractivity contribution in [3.63, 3.8) is 0 Å². The predicted molar refractivity (Wildman–Crippen MR) is 45.5 cm³/mol. The van der Waals surface area contributed by atoms with Crippen molar-refractivity contribution in [2.75, 3.05) is 0 Å². The van der Waals surface area contributed by atoms with Crippen molar-refractivity contribution >= 4 is 0 Å². The Morgan fingerprint density at radius 3 is 2.80 bits per heavy atom. The van der Waals surface area contributed by atoms with Gasteiger partial charge < -0.3 is 0 Å². The Kier molecular flexibility index (Phi) is 2.10. The monoisotopic (exact) mass is 133 g/mol. The summed E-state index contributed by atoms with van der Waals surface area (Å²) in [5, 5.41) is 0. The van der Waals surface area contributed by atoms with Gasteiger partial charge in [0.05, 0.1) is 0 Å². The van der Waals surface area contributed by atoms with Crippen LogP contribution in [0.4, 0.5) is 0 Å². The second-order valence-electron chi connectivity index (χ2n) is 2.90. The molecular weight excluding hydrogens is 120 g/mol. The standard InChI is InChI=1S/C10H13/c1-3-7-10(2)8-5-4-6-9-10/h3-8H,1,9H2,2H3/b7-3+. The Morgan fingerprint density at radius 1 is 1.50 bits per heavy atom. The molecule has 0 amide bonds. The number of rotatable bonds is 1. The summed E-state index contributed by atoms with van der Waals surface area (Å²) >= 11 is 0. The fourth-order valence-corrected chi connectivity index (χ4v) is 1.14. The van der Waals surface area contributed by atoms with Gasteiger partial charge in [-0.2, -0.15) is 0 Å². The molecule has 1 atom stereocenters. The molecule has 10 heavy (non-hydrogen) atoms. The Labute approximate surface area is 62.9 Å². The van der Waals surface area contributed by atoms with E-state index in [-0.39, 0.29) is 5.41 Å². The molecule has 1 aliphatic carbocycles. The van der Waals surface area contributed by atoms with Gasteiger partial charge in [0.15, 0.2) is 0 Å². The van der Waals surface area contributed by atoms with Crippen molar-refractivity contribution in [1.82, 2.24) is 0 Å². The van der Waals surface area contributed by atoms with E-state index in [4.69, 9.17) is 0 Å². The van der Waals surface area contributed by atoms with Crippen LogP contribution in [0.5, 0.6) is 0 Å². The van der Waals surface area contributed by atoms with Crippen molar-refractivity contribution in [3.8, 4) is 0 Å². The molecule has 0 aromatic heterocycles. The van der Waals surface area contributed by atoms with Crippen LogP contribution in [0.2, 0.25) is 0 Å². The van der Waals surface area contributed by atoms with E-state index in [1.165, 1.54) is 0 Å². The number of allylic oxidation sites excluding steroid dienone is 6. The second-order valence-corrected chi connectivity index (χ2v) is 2.90. The molecule has 0 fully saturated rings. The highest BCUT2D eigenvalue weighted by Crippen LogP contribution is 2.28. The fraction of sp³-hybridized carbons (Fsp3) is 0.300. The topological polar surface area (TPSA) is 0 Å². The van der Waals surface area contributed by atoms with Crippen LogP contribution in [0.25, 0.3) is 0 Å². The van der Waals surface area contributed by atoms with Gasteiger partial charge in [-0.3, -0.25) is 0 Å². The van der Waals surface area contributed by atoms with Gasteiger partial charge >= 0.3 is 0 Å². The zero-order valence-electron chi connectivity index (χ0n) is 6.38. The molecule has 0 saturated heterocycles. The number of hydrogen-bond donors (Lipinski definition) is 0. The Balaban J connectivity index is 2.70. The normalized spacial score (nSPS) is 31.8. The quantitative estimate of drug-likeness (QED) is 0.516. The summed E-state index contributed by atoms with van der Waals surface area (Å²) < 4.78 is 0. The minimum Gasteiger partial charge on any atom is -0.0874 e. The van der Waals surface area contributed by atoms with Gasteiger partial charge in [-0.25, -0.2) is 0 Å². The van der Waals surface area contributed by atoms with Gasteiger partial charge in [0, 0.05) is 5.41 Å². The Bertz CT molecular complexity index is 184. The highest BCUT2D eigenvalue weighted by molar-refractivity contribution is 5.21. The largest absolute Gasteiger partial charge is 0.0874 e. The third-order valence-electron chi connectivity index (χ3n) is 1.78. The summed E-state index contributed by atoms with van der Waals surface area (Å²) in [5.41, 5.74) is 0.219. The summed E-state index contributed by atoms with van der Waals surface area (Å²) in [5.74, 6) is 0. The van der Waals surface area contributed by atoms with E-state index in [1.54, 1.807) is 0 Å². The molecule has 0 saturated carbocycles. The van der Waals surface area contributed by atoms with Crippen molar-refractivity contribution < 1.29 is 0 Å². The maximum atomic E-state index is 3.69. The lowest BCUT2D eigenvalue weighted by atomic mass is 9.84. The van der Waals surface area contributed by atoms with Crippen LogP contribution in [0.1, 0.15) is 13.3 Å². The first kappa shape index (κ1) is 7.33. The first-order valence-corrected chi connectivity index (χ1v) is 3.58. The van der Waals surface area contributed by atoms with Crippen LogP contribution in [0.3, 0.4) is 0 Å². The molecule has 1 rings (SSSR count). The van der Waals surface area contributed by atoms with Gasteiger partial charge in [0.1, 0.15) is 0 Å². The van der Waals surface area contributed by atoms with Crippen LogP contribution >= 0.6 is 0 Å². The maximum absolute atomic E-state index is 3.69. The lowest BCUT2D eigenvalue weighted by Crippen LogP contribution is -2.09. The molecule has 1 aliphatic rings. The lowest BCUT2D eigenvalue weighted by molar-refractivity contribution is 0.556. The first-order valence-electron chi connectivity index (χ1n) is 3.58. The molecule has 0 aromatic carbocycles. The van der Waals surface area contributed by atoms with Crippen molar-refractivity contribution in [1.29, 1.82) is 0 Å². The van der Waals surface area contributed by atoms with Gasteiger partial charge in [0.2, 0.25) is 0 Å². The highest BCUT2D eigenvalue weighted by Gasteiger charge is 2.15. The highest BCUT2D eigenvalue weighted by atomic mass is 14.2. The molecule has 1 radical (unpaired) electrons. The zero-order valence-corrected chi connectivity index (χ0v) is 6.38. The average molecular weight is 133 g/mol. The number of hydrogen-bond acceptors (Lipinski definition) is 0. The van der Waals surface area contributed by atoms with E-state index in [0.29, 0.717) is 0 Å². The summed E-state index contributed by atoms with van der Waals surface area (Å²) in [6.45, 7) is 5.89. The van der Waals surface area contributed by atoms with Crippen LogP contribution < -0.4 is 0 Å². The van der Waals surface area contributed by atoms with Crippen LogP contribution in [0, 0.1) is 12.3 Å². The van der Waals surface area contributed by atoms with E-state index < -0.39 is 0 Å². The van der Waals surface area contributed by atoms with Gasteiger partial charge in [0.25, 0.3) is 0 Å². The van der Waals surface area contributed by atoms with Gasteiger partial charge in [-0.15, -0.1) is 0 Å². The summed E-state index contributed by atoms with van der Waals surface area (Å²) in [4.78, 5) is 0. The SMILES string of the molecule is [CH2]/C=C/C1(C)C=CC=CC1. The zero-order chi connectivity index (χ0) is 7.45. The van der Waals surface area contributed by atoms with Crippen LogP contribution in [-0.2, 0) is 0 Å². The molecule has 0 heteroatoms. The molecule has 53 valence electrons. The molecule has 0 aromatic rings. The second kappa shape index (κ2) is 2.87. The molecule has 0 bridgehead atoms. The predicted octanol–water partition coefficient (Wildman–Crippen LogP) is 2.90.